The predicted molar refractivity (Wildman–Crippen MR) is 48.0 cm³/mol. The van der Waals surface area contributed by atoms with Crippen molar-refractivity contribution in [3.05, 3.63) is 0 Å². The van der Waals surface area contributed by atoms with Crippen molar-refractivity contribution in [2.24, 2.45) is 5.41 Å². The summed E-state index contributed by atoms with van der Waals surface area (Å²) in [6.45, 7) is -1.62. The molecule has 0 spiro atoms. The molecule has 8 nitrogen and oxygen atoms in total. The first kappa shape index (κ1) is 26.9. The summed E-state index contributed by atoms with van der Waals surface area (Å²) in [5, 5.41) is 34.0. The summed E-state index contributed by atoms with van der Waals surface area (Å²) in [4.78, 5) is 34.3. The van der Waals surface area contributed by atoms with Crippen LogP contribution in [0.2, 0.25) is 0 Å². The van der Waals surface area contributed by atoms with E-state index < -0.39 is 40.9 Å². The molecule has 0 aliphatic rings. The van der Waals surface area contributed by atoms with E-state index in [1.54, 1.807) is 0 Å². The molecule has 0 saturated carbocycles. The van der Waals surface area contributed by atoms with E-state index in [2.05, 4.69) is 0 Å². The molecule has 0 amide bonds. The summed E-state index contributed by atoms with van der Waals surface area (Å²) in [6, 6.07) is 0. The van der Waals surface area contributed by atoms with Gasteiger partial charge in [0.05, 0.1) is 31.8 Å². The monoisotopic (exact) mass is 308 g/mol. The van der Waals surface area contributed by atoms with Gasteiger partial charge in [-0.25, -0.2) is 0 Å². The predicted octanol–water partition coefficient (Wildman–Crippen LogP) is -7.96. The number of aliphatic hydroxyl groups excluding tert-OH is 4. The molecule has 0 unspecified atom stereocenters. The van der Waals surface area contributed by atoms with Crippen LogP contribution >= 0.6 is 0 Å². The van der Waals surface area contributed by atoms with Gasteiger partial charge in [0.1, 0.15) is 0 Å². The van der Waals surface area contributed by atoms with Crippen molar-refractivity contribution in [1.82, 2.24) is 0 Å². The van der Waals surface area contributed by atoms with Gasteiger partial charge in [0.25, 0.3) is 0 Å². The third-order valence-corrected chi connectivity index (χ3v) is 1.34. The fourth-order valence-corrected chi connectivity index (χ4v) is 0.300. The van der Waals surface area contributed by atoms with Crippen LogP contribution in [0.25, 0.3) is 0 Å². The van der Waals surface area contributed by atoms with Crippen LogP contribution in [0.3, 0.4) is 0 Å². The van der Waals surface area contributed by atoms with Crippen LogP contribution < -0.4 is 19.2 Å². The summed E-state index contributed by atoms with van der Waals surface area (Å²) in [7, 11) is -5.61. The van der Waals surface area contributed by atoms with Gasteiger partial charge >= 0.3 is 75.5 Å². The van der Waals surface area contributed by atoms with Crippen molar-refractivity contribution in [2.75, 3.05) is 26.4 Å². The Morgan fingerprint density at radius 1 is 0.688 bits per heavy atom. The van der Waals surface area contributed by atoms with Gasteiger partial charge in [-0.15, -0.1) is 0 Å². The van der Waals surface area contributed by atoms with Crippen molar-refractivity contribution in [3.8, 4) is 0 Å². The quantitative estimate of drug-likeness (QED) is 0.370. The van der Waals surface area contributed by atoms with Crippen LogP contribution in [0, 0.1) is 5.41 Å². The molecular formula is C5H12Ca2O8Si. The largest absolute Gasteiger partial charge is 2.00 e. The zero-order valence-electron chi connectivity index (χ0n) is 8.66. The van der Waals surface area contributed by atoms with Crippen molar-refractivity contribution in [2.45, 2.75) is 0 Å². The number of aliphatic hydroxyl groups is 4. The van der Waals surface area contributed by atoms with E-state index in [0.717, 1.165) is 0 Å². The van der Waals surface area contributed by atoms with Crippen molar-refractivity contribution >= 4 is 84.5 Å². The first-order valence-corrected chi connectivity index (χ1v) is 5.13. The average Bonchev–Trinajstić information content (AvgIpc) is 2.07. The average molecular weight is 308 g/mol. The van der Waals surface area contributed by atoms with Gasteiger partial charge in [0, 0.05) is 0 Å². The zero-order chi connectivity index (χ0) is 11.8. The Labute approximate surface area is 154 Å². The minimum Gasteiger partial charge on any atom is -0.894 e. The fraction of sp³-hybridized carbons (Fsp3) is 1.00. The number of rotatable bonds is 4. The maximum atomic E-state index is 8.58. The van der Waals surface area contributed by atoms with Gasteiger partial charge in [-0.2, -0.15) is 0 Å². The zero-order valence-corrected chi connectivity index (χ0v) is 14.1. The van der Waals surface area contributed by atoms with E-state index in [-0.39, 0.29) is 75.5 Å². The number of hydrogen-bond donors (Lipinski definition) is 4. The molecule has 0 atom stereocenters. The second-order valence-electron chi connectivity index (χ2n) is 2.63. The van der Waals surface area contributed by atoms with Crippen LogP contribution in [0.4, 0.5) is 0 Å². The van der Waals surface area contributed by atoms with Gasteiger partial charge in [-0.3, -0.25) is 0 Å². The van der Waals surface area contributed by atoms with E-state index in [1.165, 1.54) is 0 Å². The molecule has 0 rings (SSSR count). The van der Waals surface area contributed by atoms with Gasteiger partial charge in [0.15, 0.2) is 0 Å². The molecule has 0 aliphatic heterocycles. The van der Waals surface area contributed by atoms with Gasteiger partial charge in [0.2, 0.25) is 0 Å². The molecule has 0 saturated heterocycles. The molecule has 0 radical (unpaired) electrons. The molecule has 11 heteroatoms. The molecule has 0 aromatic heterocycles. The van der Waals surface area contributed by atoms with Gasteiger partial charge in [-0.1, -0.05) is 0 Å². The smallest absolute Gasteiger partial charge is 0.894 e. The maximum absolute atomic E-state index is 8.58. The Morgan fingerprint density at radius 2 is 0.812 bits per heavy atom. The standard InChI is InChI=1S/C5H12O4.2Ca.O4Si/c6-1-5(2-7,3-8)4-9;;;1-5(2,3)4/h6-9H,1-4H2;;;/q;2*+2;-4. The molecular weight excluding hydrogens is 296 g/mol. The Bertz CT molecular complexity index is 115. The van der Waals surface area contributed by atoms with Crippen LogP contribution in [-0.4, -0.2) is 131 Å². The molecule has 0 aromatic carbocycles. The Hall–Kier alpha value is 2.42. The normalized spacial score (nSPS) is 10.5. The summed E-state index contributed by atoms with van der Waals surface area (Å²) < 4.78 is 0. The molecule has 88 valence electrons. The molecule has 0 bridgehead atoms. The molecule has 0 fully saturated rings. The second-order valence-corrected chi connectivity index (χ2v) is 3.63. The summed E-state index contributed by atoms with van der Waals surface area (Å²) in [5.41, 5.74) is -1.11. The molecule has 0 aliphatic carbocycles. The van der Waals surface area contributed by atoms with Crippen LogP contribution in [0.5, 0.6) is 0 Å². The summed E-state index contributed by atoms with van der Waals surface area (Å²) in [6.07, 6.45) is 0. The molecule has 0 aromatic rings. The van der Waals surface area contributed by atoms with Gasteiger partial charge < -0.3 is 48.7 Å². The molecule has 0 heterocycles. The maximum Gasteiger partial charge on any atom is 2.00 e. The van der Waals surface area contributed by atoms with E-state index >= 15 is 0 Å². The van der Waals surface area contributed by atoms with Crippen molar-refractivity contribution in [1.29, 1.82) is 0 Å². The van der Waals surface area contributed by atoms with Gasteiger partial charge in [-0.05, 0) is 0 Å². The Morgan fingerprint density at radius 3 is 0.812 bits per heavy atom. The van der Waals surface area contributed by atoms with Crippen molar-refractivity contribution in [3.63, 3.8) is 0 Å². The minimum absolute atomic E-state index is 0. The first-order valence-electron chi connectivity index (χ1n) is 3.50. The van der Waals surface area contributed by atoms with E-state index in [1.807, 2.05) is 0 Å². The van der Waals surface area contributed by atoms with E-state index in [4.69, 9.17) is 39.6 Å². The molecule has 16 heavy (non-hydrogen) atoms. The number of hydrogen-bond acceptors (Lipinski definition) is 8. The fourth-order valence-electron chi connectivity index (χ4n) is 0.300. The first-order chi connectivity index (χ1) is 6.24. The topological polar surface area (TPSA) is 173 Å². The second kappa shape index (κ2) is 13.8. The van der Waals surface area contributed by atoms with Crippen LogP contribution in [-0.2, 0) is 0 Å². The third-order valence-electron chi connectivity index (χ3n) is 1.34. The minimum atomic E-state index is -5.61. The van der Waals surface area contributed by atoms with E-state index in [9.17, 15) is 0 Å². The Kier molecular flexibility index (Phi) is 23.2. The van der Waals surface area contributed by atoms with Crippen LogP contribution in [0.1, 0.15) is 0 Å². The third kappa shape index (κ3) is 18.8. The van der Waals surface area contributed by atoms with E-state index in [0.29, 0.717) is 0 Å². The SMILES string of the molecule is OCC(CO)(CO)CO.[Ca+2].[Ca+2].[O-][Si]([O-])([O-])[O-]. The molecule has 4 N–H and O–H groups in total. The Balaban J connectivity index is -0.0000000904. The van der Waals surface area contributed by atoms with Crippen molar-refractivity contribution < 1.29 is 39.6 Å². The van der Waals surface area contributed by atoms with Crippen LogP contribution in [0.15, 0.2) is 0 Å². The summed E-state index contributed by atoms with van der Waals surface area (Å²) in [5.74, 6) is 0. The summed E-state index contributed by atoms with van der Waals surface area (Å²) >= 11 is 0.